The topological polar surface area (TPSA) is 70.8 Å². The molecule has 0 atom stereocenters. The molecule has 0 amide bonds. The zero-order valence-corrected chi connectivity index (χ0v) is 10.4. The van der Waals surface area contributed by atoms with Crippen LogP contribution in [0.2, 0.25) is 0 Å². The fraction of sp³-hybridized carbons (Fsp3) is 0.143. The van der Waals surface area contributed by atoms with E-state index in [9.17, 15) is 17.2 Å². The minimum atomic E-state index is -4.30. The van der Waals surface area contributed by atoms with Gasteiger partial charge in [-0.2, -0.15) is 5.26 Å². The van der Waals surface area contributed by atoms with E-state index in [1.165, 1.54) is 6.07 Å². The number of alkyl halides is 2. The van der Waals surface area contributed by atoms with E-state index in [2.05, 4.69) is 20.9 Å². The lowest BCUT2D eigenvalue weighted by atomic mass is 10.2. The SMILES string of the molecule is N#Cc1cnc(C(F)F)c(Br)c1S(=O)(=O)Cl. The first-order valence-electron chi connectivity index (χ1n) is 3.60. The number of hydrogen-bond acceptors (Lipinski definition) is 4. The number of nitriles is 1. The number of pyridine rings is 1. The van der Waals surface area contributed by atoms with E-state index in [1.54, 1.807) is 0 Å². The Morgan fingerprint density at radius 1 is 1.56 bits per heavy atom. The number of hydrogen-bond donors (Lipinski definition) is 0. The number of aromatic nitrogens is 1. The Morgan fingerprint density at radius 3 is 2.50 bits per heavy atom. The van der Waals surface area contributed by atoms with Crippen LogP contribution in [0.15, 0.2) is 15.6 Å². The molecule has 1 aromatic rings. The van der Waals surface area contributed by atoms with E-state index in [0.717, 1.165) is 6.20 Å². The minimum Gasteiger partial charge on any atom is -0.253 e. The average Bonchev–Trinajstić information content (AvgIpc) is 2.14. The second-order valence-corrected chi connectivity index (χ2v) is 5.85. The van der Waals surface area contributed by atoms with Gasteiger partial charge < -0.3 is 0 Å². The van der Waals surface area contributed by atoms with Gasteiger partial charge in [-0.05, 0) is 15.9 Å². The Labute approximate surface area is 102 Å². The van der Waals surface area contributed by atoms with Gasteiger partial charge in [0.1, 0.15) is 16.7 Å². The summed E-state index contributed by atoms with van der Waals surface area (Å²) in [4.78, 5) is 2.59. The highest BCUT2D eigenvalue weighted by Crippen LogP contribution is 2.34. The minimum absolute atomic E-state index is 0.397. The maximum atomic E-state index is 12.4. The maximum Gasteiger partial charge on any atom is 0.281 e. The van der Waals surface area contributed by atoms with Gasteiger partial charge in [0.15, 0.2) is 0 Å². The van der Waals surface area contributed by atoms with Crippen molar-refractivity contribution in [2.45, 2.75) is 11.3 Å². The van der Waals surface area contributed by atoms with Crippen LogP contribution in [-0.2, 0) is 9.05 Å². The van der Waals surface area contributed by atoms with Crippen molar-refractivity contribution in [3.05, 3.63) is 21.9 Å². The first kappa shape index (κ1) is 13.3. The molecule has 0 radical (unpaired) electrons. The van der Waals surface area contributed by atoms with Gasteiger partial charge in [-0.25, -0.2) is 17.2 Å². The predicted octanol–water partition coefficient (Wildman–Crippen LogP) is 2.58. The summed E-state index contributed by atoms with van der Waals surface area (Å²) in [5.41, 5.74) is -1.18. The van der Waals surface area contributed by atoms with Gasteiger partial charge in [0, 0.05) is 16.9 Å². The van der Waals surface area contributed by atoms with Crippen LogP contribution in [0, 0.1) is 11.3 Å². The maximum absolute atomic E-state index is 12.4. The molecule has 4 nitrogen and oxygen atoms in total. The van der Waals surface area contributed by atoms with Crippen LogP contribution in [0.5, 0.6) is 0 Å². The van der Waals surface area contributed by atoms with E-state index >= 15 is 0 Å². The average molecular weight is 332 g/mol. The molecule has 1 aromatic heterocycles. The molecule has 0 aliphatic heterocycles. The zero-order chi connectivity index (χ0) is 12.5. The standard InChI is InChI=1S/C7H2BrClF2N2O2S/c8-4-5(7(10)11)13-2-3(1-12)6(4)16(9,14)15/h2,7H. The van der Waals surface area contributed by atoms with Crippen LogP contribution in [0.4, 0.5) is 8.78 Å². The van der Waals surface area contributed by atoms with Gasteiger partial charge in [0.2, 0.25) is 0 Å². The molecule has 0 saturated carbocycles. The number of halogens is 4. The molecule has 0 saturated heterocycles. The summed E-state index contributed by atoms with van der Waals surface area (Å²) in [6, 6.07) is 1.51. The molecule has 1 rings (SSSR count). The van der Waals surface area contributed by atoms with Crippen LogP contribution in [0.25, 0.3) is 0 Å². The van der Waals surface area contributed by atoms with Crippen LogP contribution in [-0.4, -0.2) is 13.4 Å². The van der Waals surface area contributed by atoms with E-state index in [1.807, 2.05) is 0 Å². The quantitative estimate of drug-likeness (QED) is 0.781. The van der Waals surface area contributed by atoms with Gasteiger partial charge in [0.05, 0.1) is 10.0 Å². The molecule has 0 aliphatic carbocycles. The first-order chi connectivity index (χ1) is 7.29. The number of rotatable bonds is 2. The second-order valence-electron chi connectivity index (χ2n) is 2.55. The van der Waals surface area contributed by atoms with E-state index in [-0.39, 0.29) is 0 Å². The van der Waals surface area contributed by atoms with Crippen molar-refractivity contribution in [3.8, 4) is 6.07 Å². The molecule has 0 spiro atoms. The first-order valence-corrected chi connectivity index (χ1v) is 6.70. The third kappa shape index (κ3) is 2.48. The molecule has 86 valence electrons. The molecule has 0 fully saturated rings. The molecule has 0 aromatic carbocycles. The van der Waals surface area contributed by atoms with Crippen molar-refractivity contribution in [2.75, 3.05) is 0 Å². The van der Waals surface area contributed by atoms with Gasteiger partial charge in [-0.1, -0.05) is 0 Å². The van der Waals surface area contributed by atoms with Gasteiger partial charge >= 0.3 is 0 Å². The predicted molar refractivity (Wildman–Crippen MR) is 54.6 cm³/mol. The highest BCUT2D eigenvalue weighted by Gasteiger charge is 2.26. The fourth-order valence-electron chi connectivity index (χ4n) is 0.954. The number of nitrogens with zero attached hydrogens (tertiary/aromatic N) is 2. The van der Waals surface area contributed by atoms with Crippen molar-refractivity contribution in [1.29, 1.82) is 5.26 Å². The summed E-state index contributed by atoms with van der Waals surface area (Å²) < 4.78 is 46.6. The Kier molecular flexibility index (Phi) is 3.83. The molecule has 0 N–H and O–H groups in total. The fourth-order valence-corrected chi connectivity index (χ4v) is 3.52. The molecule has 0 unspecified atom stereocenters. The molecule has 16 heavy (non-hydrogen) atoms. The summed E-state index contributed by atoms with van der Waals surface area (Å²) in [5, 5.41) is 8.61. The largest absolute Gasteiger partial charge is 0.281 e. The summed E-state index contributed by atoms with van der Waals surface area (Å²) in [6.45, 7) is 0. The normalized spacial score (nSPS) is 11.5. The third-order valence-electron chi connectivity index (χ3n) is 1.57. The van der Waals surface area contributed by atoms with Gasteiger partial charge in [0.25, 0.3) is 15.5 Å². The monoisotopic (exact) mass is 330 g/mol. The summed E-state index contributed by atoms with van der Waals surface area (Å²) in [7, 11) is 0.740. The van der Waals surface area contributed by atoms with E-state index < -0.39 is 36.1 Å². The van der Waals surface area contributed by atoms with E-state index in [0.29, 0.717) is 0 Å². The Balaban J connectivity index is 3.69. The van der Waals surface area contributed by atoms with Crippen LogP contribution in [0.1, 0.15) is 17.7 Å². The molecular formula is C7H2BrClF2N2O2S. The van der Waals surface area contributed by atoms with Crippen LogP contribution < -0.4 is 0 Å². The Hall–Kier alpha value is -0.780. The van der Waals surface area contributed by atoms with Crippen molar-refractivity contribution in [1.82, 2.24) is 4.98 Å². The Bertz CT molecular complexity index is 570. The summed E-state index contributed by atoms with van der Waals surface area (Å²) in [5.74, 6) is 0. The Morgan fingerprint density at radius 2 is 2.12 bits per heavy atom. The van der Waals surface area contributed by atoms with Gasteiger partial charge in [-0.15, -0.1) is 0 Å². The summed E-state index contributed by atoms with van der Waals surface area (Å²) in [6.07, 6.45) is -2.24. The van der Waals surface area contributed by atoms with Crippen molar-refractivity contribution >= 4 is 35.7 Å². The van der Waals surface area contributed by atoms with Crippen LogP contribution in [0.3, 0.4) is 0 Å². The highest BCUT2D eigenvalue weighted by atomic mass is 79.9. The van der Waals surface area contributed by atoms with Gasteiger partial charge in [-0.3, -0.25) is 4.98 Å². The van der Waals surface area contributed by atoms with Crippen molar-refractivity contribution in [2.24, 2.45) is 0 Å². The molecule has 0 bridgehead atoms. The highest BCUT2D eigenvalue weighted by molar-refractivity contribution is 9.10. The third-order valence-corrected chi connectivity index (χ3v) is 4.01. The van der Waals surface area contributed by atoms with E-state index in [4.69, 9.17) is 15.9 Å². The zero-order valence-electron chi connectivity index (χ0n) is 7.29. The molecular weight excluding hydrogens is 330 g/mol. The molecule has 0 aliphatic rings. The molecule has 1 heterocycles. The van der Waals surface area contributed by atoms with Crippen molar-refractivity contribution < 1.29 is 17.2 Å². The van der Waals surface area contributed by atoms with Crippen molar-refractivity contribution in [3.63, 3.8) is 0 Å². The lowest BCUT2D eigenvalue weighted by Gasteiger charge is -2.07. The summed E-state index contributed by atoms with van der Waals surface area (Å²) >= 11 is 2.65. The lowest BCUT2D eigenvalue weighted by Crippen LogP contribution is -2.03. The van der Waals surface area contributed by atoms with Crippen LogP contribution >= 0.6 is 26.6 Å². The molecule has 9 heteroatoms. The lowest BCUT2D eigenvalue weighted by molar-refractivity contribution is 0.144. The second kappa shape index (κ2) is 4.61. The smallest absolute Gasteiger partial charge is 0.253 e.